The van der Waals surface area contributed by atoms with E-state index in [9.17, 15) is 4.79 Å². The second kappa shape index (κ2) is 5.85. The van der Waals surface area contributed by atoms with Gasteiger partial charge in [-0.25, -0.2) is 10.1 Å². The molecule has 0 aliphatic carbocycles. The lowest BCUT2D eigenvalue weighted by Crippen LogP contribution is -2.24. The fourth-order valence-electron chi connectivity index (χ4n) is 1.70. The quantitative estimate of drug-likeness (QED) is 0.588. The largest absolute Gasteiger partial charge is 0.454 e. The predicted molar refractivity (Wildman–Crippen MR) is 75.5 cm³/mol. The van der Waals surface area contributed by atoms with Crippen LogP contribution in [0.2, 0.25) is 5.02 Å². The highest BCUT2D eigenvalue weighted by atomic mass is 35.5. The van der Waals surface area contributed by atoms with Crippen LogP contribution in [0.5, 0.6) is 11.5 Å². The van der Waals surface area contributed by atoms with Crippen molar-refractivity contribution in [1.29, 1.82) is 0 Å². The van der Waals surface area contributed by atoms with E-state index in [0.717, 1.165) is 4.68 Å². The van der Waals surface area contributed by atoms with Crippen LogP contribution < -0.4 is 20.6 Å². The zero-order valence-corrected chi connectivity index (χ0v) is 11.8. The third-order valence-corrected chi connectivity index (χ3v) is 3.07. The number of aromatic nitrogens is 4. The Balaban J connectivity index is 1.63. The number of halogens is 1. The summed E-state index contributed by atoms with van der Waals surface area (Å²) in [4.78, 5) is 11.7. The summed E-state index contributed by atoms with van der Waals surface area (Å²) < 4.78 is 11.6. The van der Waals surface area contributed by atoms with Crippen LogP contribution in [0.25, 0.3) is 0 Å². The molecule has 0 radical (unpaired) electrons. The van der Waals surface area contributed by atoms with Crippen LogP contribution >= 0.6 is 11.6 Å². The normalized spacial score (nSPS) is 12.8. The summed E-state index contributed by atoms with van der Waals surface area (Å²) in [6.45, 7) is 0.00139. The first-order chi connectivity index (χ1) is 10.6. The second-order valence-corrected chi connectivity index (χ2v) is 4.62. The van der Waals surface area contributed by atoms with E-state index in [-0.39, 0.29) is 19.3 Å². The van der Waals surface area contributed by atoms with Gasteiger partial charge in [-0.15, -0.1) is 0 Å². The van der Waals surface area contributed by atoms with Gasteiger partial charge in [-0.2, -0.15) is 5.10 Å². The van der Waals surface area contributed by atoms with Crippen LogP contribution in [0.1, 0.15) is 5.56 Å². The number of hydrazone groups is 1. The molecule has 0 spiro atoms. The summed E-state index contributed by atoms with van der Waals surface area (Å²) in [6.07, 6.45) is 1.39. The van der Waals surface area contributed by atoms with Crippen LogP contribution in [0.3, 0.4) is 0 Å². The SMILES string of the molecule is Nc1nnnn1CC(=O)NN=Cc1cc2c(cc1Cl)OCO2. The van der Waals surface area contributed by atoms with Crippen molar-refractivity contribution in [3.05, 3.63) is 22.7 Å². The average molecular weight is 324 g/mol. The molecule has 0 saturated carbocycles. The van der Waals surface area contributed by atoms with Crippen molar-refractivity contribution in [3.8, 4) is 11.5 Å². The molecule has 2 aromatic rings. The lowest BCUT2D eigenvalue weighted by Gasteiger charge is -2.02. The molecule has 10 nitrogen and oxygen atoms in total. The minimum absolute atomic E-state index is 0.0398. The summed E-state index contributed by atoms with van der Waals surface area (Å²) in [6, 6.07) is 3.29. The Morgan fingerprint density at radius 1 is 1.50 bits per heavy atom. The number of hydrogen-bond acceptors (Lipinski definition) is 8. The smallest absolute Gasteiger partial charge is 0.261 e. The topological polar surface area (TPSA) is 130 Å². The van der Waals surface area contributed by atoms with Gasteiger partial charge < -0.3 is 15.2 Å². The highest BCUT2D eigenvalue weighted by Crippen LogP contribution is 2.36. The van der Waals surface area contributed by atoms with Crippen molar-refractivity contribution in [2.45, 2.75) is 6.54 Å². The molecule has 1 aromatic heterocycles. The number of benzene rings is 1. The number of hydrogen-bond donors (Lipinski definition) is 2. The number of rotatable bonds is 4. The lowest BCUT2D eigenvalue weighted by molar-refractivity contribution is -0.121. The van der Waals surface area contributed by atoms with Gasteiger partial charge in [-0.3, -0.25) is 4.79 Å². The summed E-state index contributed by atoms with van der Waals surface area (Å²) >= 11 is 6.07. The number of nitrogens with zero attached hydrogens (tertiary/aromatic N) is 5. The van der Waals surface area contributed by atoms with E-state index in [0.29, 0.717) is 22.1 Å². The maximum Gasteiger partial charge on any atom is 0.261 e. The molecular weight excluding hydrogens is 314 g/mol. The maximum absolute atomic E-state index is 11.7. The van der Waals surface area contributed by atoms with Gasteiger partial charge in [-0.05, 0) is 16.5 Å². The number of tetrazole rings is 1. The number of nitrogens with two attached hydrogens (primary N) is 1. The first-order valence-electron chi connectivity index (χ1n) is 6.06. The van der Waals surface area contributed by atoms with Gasteiger partial charge in [0.25, 0.3) is 5.91 Å². The first-order valence-corrected chi connectivity index (χ1v) is 6.44. The van der Waals surface area contributed by atoms with Gasteiger partial charge in [0.1, 0.15) is 6.54 Å². The van der Waals surface area contributed by atoms with Gasteiger partial charge in [0.05, 0.1) is 11.2 Å². The molecule has 3 rings (SSSR count). The number of anilines is 1. The maximum atomic E-state index is 11.7. The Morgan fingerprint density at radius 2 is 2.27 bits per heavy atom. The molecule has 0 unspecified atom stereocenters. The van der Waals surface area contributed by atoms with Crippen LogP contribution in [-0.2, 0) is 11.3 Å². The fraction of sp³-hybridized carbons (Fsp3) is 0.182. The second-order valence-electron chi connectivity index (χ2n) is 4.21. The molecule has 0 fully saturated rings. The Bertz CT molecular complexity index is 745. The van der Waals surface area contributed by atoms with Crippen molar-refractivity contribution >= 4 is 29.7 Å². The third kappa shape index (κ3) is 2.91. The molecule has 1 amide bonds. The zero-order chi connectivity index (χ0) is 15.5. The molecule has 1 aromatic carbocycles. The number of nitrogen functional groups attached to an aromatic ring is 1. The van der Waals surface area contributed by atoms with Crippen molar-refractivity contribution in [2.75, 3.05) is 12.5 Å². The molecule has 11 heteroatoms. The van der Waals surface area contributed by atoms with Crippen LogP contribution in [-0.4, -0.2) is 39.1 Å². The minimum atomic E-state index is -0.438. The molecule has 1 aliphatic rings. The van der Waals surface area contributed by atoms with Crippen molar-refractivity contribution in [3.63, 3.8) is 0 Å². The molecule has 0 saturated heterocycles. The Hall–Kier alpha value is -2.88. The minimum Gasteiger partial charge on any atom is -0.454 e. The third-order valence-electron chi connectivity index (χ3n) is 2.74. The molecule has 0 bridgehead atoms. The number of fused-ring (bicyclic) bond motifs is 1. The highest BCUT2D eigenvalue weighted by Gasteiger charge is 2.15. The molecule has 114 valence electrons. The fourth-order valence-corrected chi connectivity index (χ4v) is 1.90. The standard InChI is InChI=1S/C11H10ClN7O3/c12-7-2-9-8(21-5-22-9)1-6(7)3-14-15-10(20)4-19-11(13)16-17-18-19/h1-3H,4-5H2,(H,15,20)(H2,13,16,18). The number of amides is 1. The van der Waals surface area contributed by atoms with Gasteiger partial charge in [0.2, 0.25) is 12.7 Å². The zero-order valence-electron chi connectivity index (χ0n) is 11.1. The van der Waals surface area contributed by atoms with Gasteiger partial charge in [0.15, 0.2) is 11.5 Å². The molecule has 1 aliphatic heterocycles. The first kappa shape index (κ1) is 14.1. The highest BCUT2D eigenvalue weighted by molar-refractivity contribution is 6.33. The van der Waals surface area contributed by atoms with E-state index in [2.05, 4.69) is 26.1 Å². The Labute approximate surface area is 128 Å². The molecule has 2 heterocycles. The molecular formula is C11H10ClN7O3. The summed E-state index contributed by atoms with van der Waals surface area (Å²) in [5.74, 6) is 0.740. The van der Waals surface area contributed by atoms with E-state index in [4.69, 9.17) is 26.8 Å². The van der Waals surface area contributed by atoms with E-state index < -0.39 is 5.91 Å². The number of ether oxygens (including phenoxy) is 2. The van der Waals surface area contributed by atoms with E-state index in [1.54, 1.807) is 12.1 Å². The van der Waals surface area contributed by atoms with Crippen molar-refractivity contribution in [1.82, 2.24) is 25.6 Å². The van der Waals surface area contributed by atoms with Gasteiger partial charge in [0, 0.05) is 11.6 Å². The summed E-state index contributed by atoms with van der Waals surface area (Å²) in [5, 5.41) is 14.6. The monoisotopic (exact) mass is 323 g/mol. The molecule has 22 heavy (non-hydrogen) atoms. The summed E-state index contributed by atoms with van der Waals surface area (Å²) in [7, 11) is 0. The average Bonchev–Trinajstić information content (AvgIpc) is 3.08. The van der Waals surface area contributed by atoms with Crippen LogP contribution in [0.15, 0.2) is 17.2 Å². The predicted octanol–water partition coefficient (Wildman–Crippen LogP) is -0.212. The van der Waals surface area contributed by atoms with Crippen molar-refractivity contribution in [2.24, 2.45) is 5.10 Å². The van der Waals surface area contributed by atoms with Gasteiger partial charge in [-0.1, -0.05) is 16.7 Å². The van der Waals surface area contributed by atoms with Crippen LogP contribution in [0, 0.1) is 0 Å². The Morgan fingerprint density at radius 3 is 3.00 bits per heavy atom. The molecule has 3 N–H and O–H groups in total. The summed E-state index contributed by atoms with van der Waals surface area (Å²) in [5.41, 5.74) is 8.34. The number of carbonyl (C=O) groups excluding carboxylic acids is 1. The Kier molecular flexibility index (Phi) is 3.74. The number of nitrogens with one attached hydrogen (secondary N) is 1. The van der Waals surface area contributed by atoms with Gasteiger partial charge >= 0.3 is 0 Å². The molecule has 0 atom stereocenters. The lowest BCUT2D eigenvalue weighted by atomic mass is 10.2. The van der Waals surface area contributed by atoms with Crippen molar-refractivity contribution < 1.29 is 14.3 Å². The number of carbonyl (C=O) groups is 1. The van der Waals surface area contributed by atoms with Crippen LogP contribution in [0.4, 0.5) is 5.95 Å². The van der Waals surface area contributed by atoms with E-state index in [1.807, 2.05) is 0 Å². The van der Waals surface area contributed by atoms with E-state index >= 15 is 0 Å². The van der Waals surface area contributed by atoms with E-state index in [1.165, 1.54) is 6.21 Å².